The molecule has 2 rings (SSSR count). The van der Waals surface area contributed by atoms with Crippen molar-refractivity contribution in [1.29, 1.82) is 0 Å². The van der Waals surface area contributed by atoms with Crippen LogP contribution in [-0.4, -0.2) is 18.8 Å². The van der Waals surface area contributed by atoms with Crippen LogP contribution in [0.3, 0.4) is 0 Å². The Balaban J connectivity index is 1.86. The Bertz CT molecular complexity index is 181. The van der Waals surface area contributed by atoms with E-state index in [4.69, 9.17) is 4.74 Å². The number of nitroso groups, excluding NO2 is 1. The SMILES string of the molecule is CCOC1CC2CC(N=O)CC2C1. The summed E-state index contributed by atoms with van der Waals surface area (Å²) in [7, 11) is 0. The minimum Gasteiger partial charge on any atom is -0.378 e. The van der Waals surface area contributed by atoms with E-state index in [1.807, 2.05) is 6.92 Å². The first-order valence-corrected chi connectivity index (χ1v) is 5.27. The molecule has 2 saturated carbocycles. The lowest BCUT2D eigenvalue weighted by atomic mass is 10.0. The van der Waals surface area contributed by atoms with Crippen molar-refractivity contribution >= 4 is 0 Å². The van der Waals surface area contributed by atoms with Gasteiger partial charge in [0.05, 0.1) is 12.1 Å². The van der Waals surface area contributed by atoms with Crippen LogP contribution in [0.1, 0.15) is 32.6 Å². The summed E-state index contributed by atoms with van der Waals surface area (Å²) in [5, 5.41) is 3.15. The molecule has 2 fully saturated rings. The molecule has 0 bridgehead atoms. The lowest BCUT2D eigenvalue weighted by molar-refractivity contribution is 0.0618. The van der Waals surface area contributed by atoms with Crippen LogP contribution in [0.4, 0.5) is 0 Å². The molecule has 2 atom stereocenters. The molecule has 74 valence electrons. The minimum atomic E-state index is 0.109. The Labute approximate surface area is 78.8 Å². The molecule has 0 aromatic carbocycles. The van der Waals surface area contributed by atoms with E-state index in [1.54, 1.807) is 0 Å². The Morgan fingerprint density at radius 3 is 2.31 bits per heavy atom. The molecule has 0 radical (unpaired) electrons. The second kappa shape index (κ2) is 3.74. The Kier molecular flexibility index (Phi) is 2.63. The zero-order chi connectivity index (χ0) is 9.26. The van der Waals surface area contributed by atoms with E-state index in [0.717, 1.165) is 44.1 Å². The molecule has 0 aromatic heterocycles. The van der Waals surface area contributed by atoms with E-state index in [1.165, 1.54) is 0 Å². The highest BCUT2D eigenvalue weighted by Crippen LogP contribution is 2.45. The summed E-state index contributed by atoms with van der Waals surface area (Å²) >= 11 is 0. The molecule has 3 nitrogen and oxygen atoms in total. The average molecular weight is 183 g/mol. The third kappa shape index (κ3) is 1.75. The second-order valence-electron chi connectivity index (χ2n) is 4.30. The summed E-state index contributed by atoms with van der Waals surface area (Å²) in [5.41, 5.74) is 0. The zero-order valence-electron chi connectivity index (χ0n) is 8.11. The van der Waals surface area contributed by atoms with Crippen LogP contribution in [0.5, 0.6) is 0 Å². The molecule has 2 aliphatic carbocycles. The largest absolute Gasteiger partial charge is 0.378 e. The summed E-state index contributed by atoms with van der Waals surface area (Å²) < 4.78 is 5.60. The highest BCUT2D eigenvalue weighted by molar-refractivity contribution is 4.94. The molecule has 0 aromatic rings. The van der Waals surface area contributed by atoms with Gasteiger partial charge in [-0.3, -0.25) is 0 Å². The van der Waals surface area contributed by atoms with E-state index in [0.29, 0.717) is 6.10 Å². The molecular formula is C10H17NO2. The lowest BCUT2D eigenvalue weighted by Crippen LogP contribution is -2.10. The maximum Gasteiger partial charge on any atom is 0.0925 e. The van der Waals surface area contributed by atoms with Gasteiger partial charge >= 0.3 is 0 Å². The highest BCUT2D eigenvalue weighted by atomic mass is 16.5. The van der Waals surface area contributed by atoms with Crippen molar-refractivity contribution in [1.82, 2.24) is 0 Å². The van der Waals surface area contributed by atoms with Crippen LogP contribution in [-0.2, 0) is 4.74 Å². The number of hydrogen-bond acceptors (Lipinski definition) is 3. The third-order valence-electron chi connectivity index (χ3n) is 3.50. The predicted molar refractivity (Wildman–Crippen MR) is 50.4 cm³/mol. The van der Waals surface area contributed by atoms with E-state index >= 15 is 0 Å². The first kappa shape index (κ1) is 9.13. The summed E-state index contributed by atoms with van der Waals surface area (Å²) in [6, 6.07) is 0.109. The number of fused-ring (bicyclic) bond motifs is 1. The molecule has 13 heavy (non-hydrogen) atoms. The molecule has 2 aliphatic rings. The van der Waals surface area contributed by atoms with Gasteiger partial charge in [-0.05, 0) is 44.4 Å². The summed E-state index contributed by atoms with van der Waals surface area (Å²) in [6.45, 7) is 2.86. The standard InChI is InChI=1S/C10H17NO2/c1-2-13-10-5-7-3-9(11-12)4-8(7)6-10/h7-10H,2-6H2,1H3. The zero-order valence-corrected chi connectivity index (χ0v) is 8.11. The van der Waals surface area contributed by atoms with Crippen LogP contribution in [0, 0.1) is 16.7 Å². The van der Waals surface area contributed by atoms with Gasteiger partial charge in [-0.25, -0.2) is 0 Å². The van der Waals surface area contributed by atoms with Crippen LogP contribution in [0.15, 0.2) is 5.18 Å². The smallest absolute Gasteiger partial charge is 0.0925 e. The number of nitrogens with zero attached hydrogens (tertiary/aromatic N) is 1. The van der Waals surface area contributed by atoms with Crippen molar-refractivity contribution in [3.8, 4) is 0 Å². The fraction of sp³-hybridized carbons (Fsp3) is 1.00. The van der Waals surface area contributed by atoms with Crippen LogP contribution < -0.4 is 0 Å². The molecule has 0 spiro atoms. The molecule has 0 amide bonds. The van der Waals surface area contributed by atoms with Gasteiger partial charge < -0.3 is 4.74 Å². The molecule has 0 N–H and O–H groups in total. The topological polar surface area (TPSA) is 38.7 Å². The van der Waals surface area contributed by atoms with Crippen molar-refractivity contribution in [2.45, 2.75) is 44.8 Å². The van der Waals surface area contributed by atoms with Gasteiger partial charge in [0.25, 0.3) is 0 Å². The summed E-state index contributed by atoms with van der Waals surface area (Å²) in [5.74, 6) is 1.44. The van der Waals surface area contributed by atoms with Gasteiger partial charge in [-0.2, -0.15) is 4.91 Å². The quantitative estimate of drug-likeness (QED) is 0.630. The molecule has 0 heterocycles. The van der Waals surface area contributed by atoms with Gasteiger partial charge in [-0.1, -0.05) is 5.18 Å². The van der Waals surface area contributed by atoms with Crippen molar-refractivity contribution in [2.75, 3.05) is 6.61 Å². The van der Waals surface area contributed by atoms with Crippen LogP contribution >= 0.6 is 0 Å². The van der Waals surface area contributed by atoms with Gasteiger partial charge in [0.2, 0.25) is 0 Å². The first-order valence-electron chi connectivity index (χ1n) is 5.27. The third-order valence-corrected chi connectivity index (χ3v) is 3.50. The highest BCUT2D eigenvalue weighted by Gasteiger charge is 2.42. The van der Waals surface area contributed by atoms with Crippen molar-refractivity contribution in [3.05, 3.63) is 4.91 Å². The maximum atomic E-state index is 10.4. The van der Waals surface area contributed by atoms with Gasteiger partial charge in [0, 0.05) is 6.61 Å². The molecule has 2 unspecified atom stereocenters. The van der Waals surface area contributed by atoms with Gasteiger partial charge in [-0.15, -0.1) is 0 Å². The fourth-order valence-corrected chi connectivity index (χ4v) is 2.99. The van der Waals surface area contributed by atoms with E-state index in [2.05, 4.69) is 5.18 Å². The molecule has 0 aliphatic heterocycles. The van der Waals surface area contributed by atoms with Gasteiger partial charge in [0.15, 0.2) is 0 Å². The van der Waals surface area contributed by atoms with Crippen molar-refractivity contribution in [3.63, 3.8) is 0 Å². The molecule has 3 heteroatoms. The number of hydrogen-bond donors (Lipinski definition) is 0. The minimum absolute atomic E-state index is 0.109. The normalized spacial score (nSPS) is 43.5. The first-order chi connectivity index (χ1) is 6.33. The number of ether oxygens (including phenoxy) is 1. The summed E-state index contributed by atoms with van der Waals surface area (Å²) in [4.78, 5) is 10.4. The summed E-state index contributed by atoms with van der Waals surface area (Å²) in [6.07, 6.45) is 4.80. The average Bonchev–Trinajstić information content (AvgIpc) is 2.61. The Hall–Kier alpha value is -0.440. The van der Waals surface area contributed by atoms with E-state index in [9.17, 15) is 4.91 Å². The van der Waals surface area contributed by atoms with E-state index in [-0.39, 0.29) is 6.04 Å². The predicted octanol–water partition coefficient (Wildman–Crippen LogP) is 2.35. The Morgan fingerprint density at radius 1 is 1.23 bits per heavy atom. The monoisotopic (exact) mass is 183 g/mol. The Morgan fingerprint density at radius 2 is 1.85 bits per heavy atom. The lowest BCUT2D eigenvalue weighted by Gasteiger charge is -2.11. The molecule has 0 saturated heterocycles. The second-order valence-corrected chi connectivity index (χ2v) is 4.30. The van der Waals surface area contributed by atoms with E-state index < -0.39 is 0 Å². The van der Waals surface area contributed by atoms with Crippen LogP contribution in [0.2, 0.25) is 0 Å². The number of rotatable bonds is 3. The molecular weight excluding hydrogens is 166 g/mol. The maximum absolute atomic E-state index is 10.4. The van der Waals surface area contributed by atoms with Crippen molar-refractivity contribution in [2.24, 2.45) is 17.0 Å². The van der Waals surface area contributed by atoms with Gasteiger partial charge in [0.1, 0.15) is 0 Å². The van der Waals surface area contributed by atoms with Crippen LogP contribution in [0.25, 0.3) is 0 Å². The van der Waals surface area contributed by atoms with Crippen molar-refractivity contribution < 1.29 is 4.74 Å². The fourth-order valence-electron chi connectivity index (χ4n) is 2.99.